The van der Waals surface area contributed by atoms with Gasteiger partial charge in [-0.2, -0.15) is 5.10 Å². The first-order chi connectivity index (χ1) is 9.90. The fourth-order valence-electron chi connectivity index (χ4n) is 1.75. The summed E-state index contributed by atoms with van der Waals surface area (Å²) in [6, 6.07) is 3.19. The van der Waals surface area contributed by atoms with E-state index in [9.17, 15) is 8.42 Å². The van der Waals surface area contributed by atoms with Crippen molar-refractivity contribution in [1.29, 1.82) is 0 Å². The summed E-state index contributed by atoms with van der Waals surface area (Å²) in [6.45, 7) is 0.283. The van der Waals surface area contributed by atoms with Gasteiger partial charge in [-0.05, 0) is 34.5 Å². The maximum Gasteiger partial charge on any atom is 0.243 e. The number of nitrogen functional groups attached to an aromatic ring is 1. The number of anilines is 1. The summed E-state index contributed by atoms with van der Waals surface area (Å²) in [5, 5.41) is 6.45. The number of H-pyrrole nitrogens is 1. The Morgan fingerprint density at radius 1 is 1.33 bits per heavy atom. The van der Waals surface area contributed by atoms with Crippen LogP contribution in [0.1, 0.15) is 12.2 Å². The molecule has 0 unspecified atom stereocenters. The van der Waals surface area contributed by atoms with E-state index in [1.54, 1.807) is 12.1 Å². The molecule has 0 saturated heterocycles. The third-order valence-electron chi connectivity index (χ3n) is 2.65. The van der Waals surface area contributed by atoms with Crippen LogP contribution in [0.25, 0.3) is 0 Å². The van der Waals surface area contributed by atoms with Gasteiger partial charge in [0.15, 0.2) is 0 Å². The molecular formula is C11H13Br2N5O2S. The minimum atomic E-state index is -3.67. The molecule has 0 spiro atoms. The maximum atomic E-state index is 12.3. The van der Waals surface area contributed by atoms with Crippen LogP contribution in [0.5, 0.6) is 0 Å². The van der Waals surface area contributed by atoms with Crippen LogP contribution < -0.4 is 10.5 Å². The highest BCUT2D eigenvalue weighted by molar-refractivity contribution is 9.11. The molecular weight excluding hydrogens is 426 g/mol. The quantitative estimate of drug-likeness (QED) is 0.470. The number of nitrogens with zero attached hydrogens (tertiary/aromatic N) is 2. The zero-order chi connectivity index (χ0) is 15.5. The highest BCUT2D eigenvalue weighted by atomic mass is 79.9. The van der Waals surface area contributed by atoms with Gasteiger partial charge in [0.1, 0.15) is 17.0 Å². The lowest BCUT2D eigenvalue weighted by molar-refractivity contribution is 0.578. The molecule has 0 saturated carbocycles. The molecule has 21 heavy (non-hydrogen) atoms. The van der Waals surface area contributed by atoms with Gasteiger partial charge in [0.25, 0.3) is 0 Å². The van der Waals surface area contributed by atoms with E-state index in [1.807, 2.05) is 0 Å². The van der Waals surface area contributed by atoms with Crippen molar-refractivity contribution in [2.24, 2.45) is 0 Å². The Labute approximate surface area is 139 Å². The average Bonchev–Trinajstić information content (AvgIpc) is 2.86. The minimum Gasteiger partial charge on any atom is -0.398 e. The lowest BCUT2D eigenvalue weighted by atomic mass is 10.3. The Balaban J connectivity index is 2.02. The van der Waals surface area contributed by atoms with E-state index in [1.165, 1.54) is 6.33 Å². The summed E-state index contributed by atoms with van der Waals surface area (Å²) in [7, 11) is -3.67. The molecule has 1 aromatic heterocycles. The average molecular weight is 439 g/mol. The number of sulfonamides is 1. The Kier molecular flexibility index (Phi) is 5.36. The van der Waals surface area contributed by atoms with Crippen LogP contribution in [-0.4, -0.2) is 30.1 Å². The zero-order valence-electron chi connectivity index (χ0n) is 10.8. The molecule has 0 atom stereocenters. The monoisotopic (exact) mass is 437 g/mol. The molecule has 7 nitrogen and oxygen atoms in total. The molecule has 1 aromatic carbocycles. The lowest BCUT2D eigenvalue weighted by Gasteiger charge is -2.11. The van der Waals surface area contributed by atoms with Gasteiger partial charge in [0.2, 0.25) is 10.0 Å². The number of rotatable bonds is 6. The van der Waals surface area contributed by atoms with Gasteiger partial charge in [0.05, 0.1) is 5.69 Å². The van der Waals surface area contributed by atoms with Crippen LogP contribution in [0.4, 0.5) is 5.69 Å². The molecule has 4 N–H and O–H groups in total. The number of aromatic nitrogens is 3. The van der Waals surface area contributed by atoms with Crippen molar-refractivity contribution in [2.75, 3.05) is 12.3 Å². The second-order valence-electron chi connectivity index (χ2n) is 4.24. The number of halogens is 2. The Morgan fingerprint density at radius 2 is 2.10 bits per heavy atom. The SMILES string of the molecule is Nc1cc(Br)cc(Br)c1S(=O)(=O)NCCCc1ncn[nH]1. The topological polar surface area (TPSA) is 114 Å². The summed E-state index contributed by atoms with van der Waals surface area (Å²) in [5.41, 5.74) is 5.97. The van der Waals surface area contributed by atoms with Gasteiger partial charge in [-0.1, -0.05) is 15.9 Å². The number of benzene rings is 1. The fraction of sp³-hybridized carbons (Fsp3) is 0.273. The van der Waals surface area contributed by atoms with E-state index >= 15 is 0 Å². The van der Waals surface area contributed by atoms with Crippen molar-refractivity contribution in [2.45, 2.75) is 17.7 Å². The molecule has 2 rings (SSSR count). The summed E-state index contributed by atoms with van der Waals surface area (Å²) in [5.74, 6) is 0.721. The third kappa shape index (κ3) is 4.25. The van der Waals surface area contributed by atoms with Crippen molar-refractivity contribution in [1.82, 2.24) is 19.9 Å². The van der Waals surface area contributed by atoms with E-state index in [0.29, 0.717) is 21.8 Å². The fourth-order valence-corrected chi connectivity index (χ4v) is 4.89. The van der Waals surface area contributed by atoms with Crippen molar-refractivity contribution in [3.8, 4) is 0 Å². The Morgan fingerprint density at radius 3 is 2.71 bits per heavy atom. The standard InChI is InChI=1S/C11H13Br2N5O2S/c12-7-4-8(13)11(9(14)5-7)21(19,20)17-3-1-2-10-15-6-16-18-10/h4-6,17H,1-3,14H2,(H,15,16,18). The molecule has 0 radical (unpaired) electrons. The van der Waals surface area contributed by atoms with Gasteiger partial charge in [-0.25, -0.2) is 18.1 Å². The third-order valence-corrected chi connectivity index (χ3v) is 5.58. The van der Waals surface area contributed by atoms with E-state index in [0.717, 1.165) is 5.82 Å². The van der Waals surface area contributed by atoms with Crippen molar-refractivity contribution < 1.29 is 8.42 Å². The highest BCUT2D eigenvalue weighted by Gasteiger charge is 2.21. The first-order valence-electron chi connectivity index (χ1n) is 5.98. The summed E-state index contributed by atoms with van der Waals surface area (Å²) >= 11 is 6.48. The Bertz CT molecular complexity index is 695. The lowest BCUT2D eigenvalue weighted by Crippen LogP contribution is -2.26. The predicted octanol–water partition coefficient (Wildman–Crippen LogP) is 1.82. The number of hydrogen-bond donors (Lipinski definition) is 3. The number of nitrogens with one attached hydrogen (secondary N) is 2. The van der Waals surface area contributed by atoms with Gasteiger partial charge < -0.3 is 5.73 Å². The predicted molar refractivity (Wildman–Crippen MR) is 86.1 cm³/mol. The first kappa shape index (κ1) is 16.4. The minimum absolute atomic E-state index is 0.0466. The second kappa shape index (κ2) is 6.86. The molecule has 0 bridgehead atoms. The van der Waals surface area contributed by atoms with Gasteiger partial charge in [-0.15, -0.1) is 0 Å². The summed E-state index contributed by atoms with van der Waals surface area (Å²) in [4.78, 5) is 4.02. The largest absolute Gasteiger partial charge is 0.398 e. The molecule has 0 aliphatic carbocycles. The number of nitrogens with two attached hydrogens (primary N) is 1. The van der Waals surface area contributed by atoms with E-state index in [4.69, 9.17) is 5.73 Å². The van der Waals surface area contributed by atoms with Crippen LogP contribution in [0, 0.1) is 0 Å². The van der Waals surface area contributed by atoms with Crippen molar-refractivity contribution >= 4 is 47.6 Å². The molecule has 1 heterocycles. The van der Waals surface area contributed by atoms with Crippen molar-refractivity contribution in [3.63, 3.8) is 0 Å². The van der Waals surface area contributed by atoms with Crippen LogP contribution in [0.15, 0.2) is 32.3 Å². The molecule has 0 fully saturated rings. The van der Waals surface area contributed by atoms with Crippen LogP contribution in [0.2, 0.25) is 0 Å². The van der Waals surface area contributed by atoms with E-state index in [2.05, 4.69) is 51.8 Å². The molecule has 114 valence electrons. The van der Waals surface area contributed by atoms with Gasteiger partial charge in [-0.3, -0.25) is 5.10 Å². The zero-order valence-corrected chi connectivity index (χ0v) is 14.8. The first-order valence-corrected chi connectivity index (χ1v) is 9.05. The normalized spacial score (nSPS) is 11.7. The summed E-state index contributed by atoms with van der Waals surface area (Å²) < 4.78 is 28.2. The number of hydrogen-bond acceptors (Lipinski definition) is 5. The van der Waals surface area contributed by atoms with Crippen LogP contribution in [-0.2, 0) is 16.4 Å². The molecule has 2 aromatic rings. The molecule has 0 aliphatic rings. The number of aromatic amines is 1. The van der Waals surface area contributed by atoms with Gasteiger partial charge >= 0.3 is 0 Å². The van der Waals surface area contributed by atoms with Gasteiger partial charge in [0, 0.05) is 21.9 Å². The maximum absolute atomic E-state index is 12.3. The molecule has 0 amide bonds. The van der Waals surface area contributed by atoms with E-state index in [-0.39, 0.29) is 17.1 Å². The van der Waals surface area contributed by atoms with Crippen LogP contribution >= 0.6 is 31.9 Å². The Hall–Kier alpha value is -0.970. The second-order valence-corrected chi connectivity index (χ2v) is 7.71. The number of aryl methyl sites for hydroxylation is 1. The van der Waals surface area contributed by atoms with E-state index < -0.39 is 10.0 Å². The van der Waals surface area contributed by atoms with Crippen molar-refractivity contribution in [3.05, 3.63) is 33.2 Å². The van der Waals surface area contributed by atoms with Crippen LogP contribution in [0.3, 0.4) is 0 Å². The highest BCUT2D eigenvalue weighted by Crippen LogP contribution is 2.31. The summed E-state index contributed by atoms with van der Waals surface area (Å²) in [6.07, 6.45) is 2.63. The molecule has 10 heteroatoms. The smallest absolute Gasteiger partial charge is 0.243 e. The molecule has 0 aliphatic heterocycles.